The molecule has 2 nitrogen and oxygen atoms in total. The van der Waals surface area contributed by atoms with E-state index in [1.807, 2.05) is 60.7 Å². The highest BCUT2D eigenvalue weighted by molar-refractivity contribution is 7.90. The van der Waals surface area contributed by atoms with Gasteiger partial charge in [-0.05, 0) is 46.7 Å². The van der Waals surface area contributed by atoms with Gasteiger partial charge in [-0.15, -0.1) is 0 Å². The molecule has 0 spiro atoms. The molecule has 0 aliphatic heterocycles. The number of aryl methyl sites for hydroxylation is 1. The highest BCUT2D eigenvalue weighted by Gasteiger charge is 2.31. The normalized spacial score (nSPS) is 17.6. The van der Waals surface area contributed by atoms with Crippen molar-refractivity contribution in [2.75, 3.05) is 0 Å². The molecule has 1 aliphatic carbocycles. The lowest BCUT2D eigenvalue weighted by Gasteiger charge is -2.25. The van der Waals surface area contributed by atoms with E-state index in [-0.39, 0.29) is 11.0 Å². The second-order valence-electron chi connectivity index (χ2n) is 6.53. The topological polar surface area (TPSA) is 34.1 Å². The number of benzene rings is 3. The second-order valence-corrected chi connectivity index (χ2v) is 8.71. The van der Waals surface area contributed by atoms with Gasteiger partial charge in [-0.3, -0.25) is 0 Å². The van der Waals surface area contributed by atoms with Gasteiger partial charge < -0.3 is 0 Å². The van der Waals surface area contributed by atoms with Crippen LogP contribution in [-0.2, 0) is 22.0 Å². The Morgan fingerprint density at radius 1 is 0.875 bits per heavy atom. The van der Waals surface area contributed by atoms with Gasteiger partial charge in [0.1, 0.15) is 0 Å². The molecule has 0 N–H and O–H groups in total. The minimum absolute atomic E-state index is 0.105. The molecule has 122 valence electrons. The van der Waals surface area contributed by atoms with Crippen LogP contribution < -0.4 is 0 Å². The van der Waals surface area contributed by atoms with Gasteiger partial charge in [0, 0.05) is 0 Å². The van der Waals surface area contributed by atoms with E-state index >= 15 is 0 Å². The third kappa shape index (κ3) is 2.73. The van der Waals surface area contributed by atoms with Crippen molar-refractivity contribution in [1.29, 1.82) is 0 Å². The van der Waals surface area contributed by atoms with Crippen LogP contribution in [0, 0.1) is 0 Å². The zero-order valence-electron chi connectivity index (χ0n) is 13.5. The second kappa shape index (κ2) is 6.06. The Kier molecular flexibility index (Phi) is 3.89. The van der Waals surface area contributed by atoms with E-state index in [1.54, 1.807) is 0 Å². The standard InChI is InChI=1S/C21H20O2S/c22-24(23,21-14-6-10-17-8-2-4-13-20(17)21)15-18-11-5-9-16-7-1-3-12-19(16)18/h1-5,7-9,11-13,21H,6,10,14-15H2. The Morgan fingerprint density at radius 2 is 1.62 bits per heavy atom. The van der Waals surface area contributed by atoms with Gasteiger partial charge in [0.05, 0.1) is 11.0 Å². The predicted octanol–water partition coefficient (Wildman–Crippen LogP) is 4.83. The molecule has 0 saturated heterocycles. The third-order valence-corrected chi connectivity index (χ3v) is 7.05. The maximum absolute atomic E-state index is 13.2. The van der Waals surface area contributed by atoms with E-state index in [9.17, 15) is 8.42 Å². The molecule has 3 aromatic rings. The lowest BCUT2D eigenvalue weighted by Crippen LogP contribution is -2.20. The molecule has 3 heteroatoms. The highest BCUT2D eigenvalue weighted by Crippen LogP contribution is 2.37. The fourth-order valence-electron chi connectivity index (χ4n) is 3.82. The van der Waals surface area contributed by atoms with Crippen LogP contribution >= 0.6 is 0 Å². The minimum Gasteiger partial charge on any atom is -0.228 e. The molecule has 0 bridgehead atoms. The Labute approximate surface area is 143 Å². The van der Waals surface area contributed by atoms with Crippen molar-refractivity contribution in [2.24, 2.45) is 0 Å². The molecule has 0 radical (unpaired) electrons. The summed E-state index contributed by atoms with van der Waals surface area (Å²) in [7, 11) is -3.24. The van der Waals surface area contributed by atoms with Crippen LogP contribution in [0.4, 0.5) is 0 Å². The molecule has 24 heavy (non-hydrogen) atoms. The fraction of sp³-hybridized carbons (Fsp3) is 0.238. The number of hydrogen-bond donors (Lipinski definition) is 0. The van der Waals surface area contributed by atoms with Crippen molar-refractivity contribution >= 4 is 20.6 Å². The summed E-state index contributed by atoms with van der Waals surface area (Å²) in [5, 5.41) is 1.75. The van der Waals surface area contributed by atoms with E-state index in [1.165, 1.54) is 5.56 Å². The lowest BCUT2D eigenvalue weighted by atomic mass is 9.91. The van der Waals surface area contributed by atoms with Gasteiger partial charge in [-0.2, -0.15) is 0 Å². The molecule has 1 atom stereocenters. The maximum atomic E-state index is 13.2. The van der Waals surface area contributed by atoms with Crippen molar-refractivity contribution in [3.63, 3.8) is 0 Å². The summed E-state index contributed by atoms with van der Waals surface area (Å²) in [5.41, 5.74) is 3.09. The largest absolute Gasteiger partial charge is 0.228 e. The lowest BCUT2D eigenvalue weighted by molar-refractivity contribution is 0.559. The van der Waals surface area contributed by atoms with Gasteiger partial charge in [-0.1, -0.05) is 66.7 Å². The SMILES string of the molecule is O=S(=O)(Cc1cccc2ccccc12)C1CCCc2ccccc21. The van der Waals surface area contributed by atoms with Gasteiger partial charge in [0.15, 0.2) is 9.84 Å². The third-order valence-electron chi connectivity index (χ3n) is 4.98. The Bertz CT molecular complexity index is 984. The summed E-state index contributed by atoms with van der Waals surface area (Å²) in [5.74, 6) is 0.105. The van der Waals surface area contributed by atoms with Crippen LogP contribution in [0.15, 0.2) is 66.7 Å². The van der Waals surface area contributed by atoms with Crippen LogP contribution in [0.25, 0.3) is 10.8 Å². The van der Waals surface area contributed by atoms with Crippen LogP contribution in [-0.4, -0.2) is 8.42 Å². The summed E-state index contributed by atoms with van der Waals surface area (Å²) >= 11 is 0. The Hall–Kier alpha value is -2.13. The first-order valence-electron chi connectivity index (χ1n) is 8.41. The van der Waals surface area contributed by atoms with E-state index in [2.05, 4.69) is 6.07 Å². The number of sulfone groups is 1. The molecule has 0 aromatic heterocycles. The van der Waals surface area contributed by atoms with Crippen LogP contribution in [0.5, 0.6) is 0 Å². The summed E-state index contributed by atoms with van der Waals surface area (Å²) in [6.07, 6.45) is 2.65. The summed E-state index contributed by atoms with van der Waals surface area (Å²) in [4.78, 5) is 0. The van der Waals surface area contributed by atoms with Gasteiger partial charge in [0.25, 0.3) is 0 Å². The maximum Gasteiger partial charge on any atom is 0.161 e. The predicted molar refractivity (Wildman–Crippen MR) is 98.7 cm³/mol. The number of rotatable bonds is 3. The van der Waals surface area contributed by atoms with Gasteiger partial charge in [0.2, 0.25) is 0 Å². The van der Waals surface area contributed by atoms with E-state index in [4.69, 9.17) is 0 Å². The zero-order chi connectivity index (χ0) is 16.6. The fourth-order valence-corrected chi connectivity index (χ4v) is 5.85. The molecule has 4 rings (SSSR count). The summed E-state index contributed by atoms with van der Waals surface area (Å²) in [6, 6.07) is 21.9. The molecule has 0 heterocycles. The summed E-state index contributed by atoms with van der Waals surface area (Å²) in [6.45, 7) is 0. The van der Waals surface area contributed by atoms with Crippen molar-refractivity contribution in [3.8, 4) is 0 Å². The minimum atomic E-state index is -3.24. The van der Waals surface area contributed by atoms with Crippen LogP contribution in [0.2, 0.25) is 0 Å². The molecule has 3 aromatic carbocycles. The van der Waals surface area contributed by atoms with Crippen LogP contribution in [0.3, 0.4) is 0 Å². The first kappa shape index (κ1) is 15.4. The molecule has 1 aliphatic rings. The van der Waals surface area contributed by atoms with Crippen molar-refractivity contribution < 1.29 is 8.42 Å². The van der Waals surface area contributed by atoms with E-state index in [0.29, 0.717) is 0 Å². The number of hydrogen-bond acceptors (Lipinski definition) is 2. The smallest absolute Gasteiger partial charge is 0.161 e. The van der Waals surface area contributed by atoms with Crippen molar-refractivity contribution in [3.05, 3.63) is 83.4 Å². The average molecular weight is 336 g/mol. The van der Waals surface area contributed by atoms with Gasteiger partial charge in [-0.25, -0.2) is 8.42 Å². The highest BCUT2D eigenvalue weighted by atomic mass is 32.2. The average Bonchev–Trinajstić information content (AvgIpc) is 2.61. The molecule has 0 saturated carbocycles. The van der Waals surface area contributed by atoms with Gasteiger partial charge >= 0.3 is 0 Å². The first-order valence-corrected chi connectivity index (χ1v) is 10.1. The van der Waals surface area contributed by atoms with E-state index < -0.39 is 9.84 Å². The first-order chi connectivity index (χ1) is 11.6. The van der Waals surface area contributed by atoms with E-state index in [0.717, 1.165) is 41.2 Å². The van der Waals surface area contributed by atoms with Crippen molar-refractivity contribution in [2.45, 2.75) is 30.3 Å². The zero-order valence-corrected chi connectivity index (χ0v) is 14.3. The summed E-state index contributed by atoms with van der Waals surface area (Å²) < 4.78 is 26.3. The molecule has 0 amide bonds. The van der Waals surface area contributed by atoms with Crippen LogP contribution in [0.1, 0.15) is 34.8 Å². The molecule has 1 unspecified atom stereocenters. The molecule has 0 fully saturated rings. The Balaban J connectivity index is 1.74. The monoisotopic (exact) mass is 336 g/mol. The Morgan fingerprint density at radius 3 is 2.54 bits per heavy atom. The van der Waals surface area contributed by atoms with Crippen molar-refractivity contribution in [1.82, 2.24) is 0 Å². The quantitative estimate of drug-likeness (QED) is 0.686. The number of fused-ring (bicyclic) bond motifs is 2. The molecular formula is C21H20O2S. The molecular weight excluding hydrogens is 316 g/mol.